The Labute approximate surface area is 155 Å². The van der Waals surface area contributed by atoms with Gasteiger partial charge in [-0.15, -0.1) is 0 Å². The van der Waals surface area contributed by atoms with Gasteiger partial charge in [0.25, 0.3) is 0 Å². The van der Waals surface area contributed by atoms with Crippen molar-refractivity contribution in [3.05, 3.63) is 57.9 Å². The van der Waals surface area contributed by atoms with Gasteiger partial charge in [0.05, 0.1) is 5.57 Å². The standard InChI is InChI=1S/C22H30F3N/c1-7-16(4)17(5)13-26-14-18(6)20-11-15(3)9-10-21(22(23,24)25)19(8-2)12-20/h10-15H,7-9H2,1-6H3/b17-16-,18-14+,19-12?,20-11+,21-10?,26-13+. The first-order chi connectivity index (χ1) is 12.1. The highest BCUT2D eigenvalue weighted by Crippen LogP contribution is 2.36. The predicted octanol–water partition coefficient (Wildman–Crippen LogP) is 7.50. The molecule has 1 aliphatic rings. The molecule has 0 amide bonds. The van der Waals surface area contributed by atoms with Gasteiger partial charge in [0.15, 0.2) is 0 Å². The van der Waals surface area contributed by atoms with E-state index in [1.165, 1.54) is 11.6 Å². The molecule has 1 unspecified atom stereocenters. The first-order valence-electron chi connectivity index (χ1n) is 9.16. The van der Waals surface area contributed by atoms with Crippen molar-refractivity contribution >= 4 is 6.21 Å². The second-order valence-corrected chi connectivity index (χ2v) is 6.88. The number of allylic oxidation sites excluding steroid dienone is 9. The molecular weight excluding hydrogens is 335 g/mol. The van der Waals surface area contributed by atoms with E-state index in [1.54, 1.807) is 25.4 Å². The van der Waals surface area contributed by atoms with E-state index >= 15 is 0 Å². The molecule has 1 aliphatic carbocycles. The Morgan fingerprint density at radius 1 is 1.23 bits per heavy atom. The van der Waals surface area contributed by atoms with Crippen molar-refractivity contribution in [1.82, 2.24) is 0 Å². The Kier molecular flexibility index (Phi) is 8.32. The van der Waals surface area contributed by atoms with E-state index in [1.807, 2.05) is 26.8 Å². The lowest BCUT2D eigenvalue weighted by Gasteiger charge is -2.19. The molecule has 0 radical (unpaired) electrons. The van der Waals surface area contributed by atoms with Crippen LogP contribution in [0.25, 0.3) is 0 Å². The SMILES string of the molecule is CCC1=CC(/C(C)=C/N=C/C(C)=C(/C)CC)=C\C(C)CC=C1C(F)(F)F. The molecule has 26 heavy (non-hydrogen) atoms. The highest BCUT2D eigenvalue weighted by Gasteiger charge is 2.35. The van der Waals surface area contributed by atoms with Crippen molar-refractivity contribution in [1.29, 1.82) is 0 Å². The van der Waals surface area contributed by atoms with E-state index in [0.29, 0.717) is 18.4 Å². The van der Waals surface area contributed by atoms with Crippen molar-refractivity contribution in [2.75, 3.05) is 0 Å². The molecule has 0 saturated carbocycles. The van der Waals surface area contributed by atoms with Crippen molar-refractivity contribution in [2.24, 2.45) is 10.9 Å². The quantitative estimate of drug-likeness (QED) is 0.447. The molecule has 0 N–H and O–H groups in total. The fraction of sp³-hybridized carbons (Fsp3) is 0.500. The van der Waals surface area contributed by atoms with E-state index < -0.39 is 11.7 Å². The third kappa shape index (κ3) is 6.47. The van der Waals surface area contributed by atoms with Crippen molar-refractivity contribution in [3.63, 3.8) is 0 Å². The molecule has 1 nitrogen and oxygen atoms in total. The minimum absolute atomic E-state index is 0.0355. The molecule has 4 heteroatoms. The summed E-state index contributed by atoms with van der Waals surface area (Å²) in [6.45, 7) is 11.8. The molecule has 0 spiro atoms. The zero-order chi connectivity index (χ0) is 19.9. The summed E-state index contributed by atoms with van der Waals surface area (Å²) in [5, 5.41) is 0. The maximum Gasteiger partial charge on any atom is 0.416 e. The van der Waals surface area contributed by atoms with Gasteiger partial charge in [0.1, 0.15) is 0 Å². The summed E-state index contributed by atoms with van der Waals surface area (Å²) in [5.41, 5.74) is 3.88. The van der Waals surface area contributed by atoms with Crippen LogP contribution < -0.4 is 0 Å². The Morgan fingerprint density at radius 3 is 2.42 bits per heavy atom. The van der Waals surface area contributed by atoms with Gasteiger partial charge in [0, 0.05) is 12.4 Å². The van der Waals surface area contributed by atoms with Crippen LogP contribution >= 0.6 is 0 Å². The van der Waals surface area contributed by atoms with E-state index in [-0.39, 0.29) is 5.92 Å². The van der Waals surface area contributed by atoms with Gasteiger partial charge in [-0.1, -0.05) is 44.6 Å². The highest BCUT2D eigenvalue weighted by atomic mass is 19.4. The van der Waals surface area contributed by atoms with Gasteiger partial charge in [-0.25, -0.2) is 0 Å². The molecule has 0 bridgehead atoms. The Hall–Kier alpha value is -1.84. The third-order valence-electron chi connectivity index (χ3n) is 4.72. The fourth-order valence-corrected chi connectivity index (χ4v) is 2.68. The number of nitrogens with zero attached hydrogens (tertiary/aromatic N) is 1. The molecule has 1 rings (SSSR count). The maximum atomic E-state index is 13.4. The van der Waals surface area contributed by atoms with Gasteiger partial charge in [-0.05, 0) is 68.2 Å². The lowest BCUT2D eigenvalue weighted by molar-refractivity contribution is -0.0898. The molecule has 144 valence electrons. The molecular formula is C22H30F3N. The number of alkyl halides is 3. The zero-order valence-corrected chi connectivity index (χ0v) is 16.7. The maximum absolute atomic E-state index is 13.4. The summed E-state index contributed by atoms with van der Waals surface area (Å²) >= 11 is 0. The van der Waals surface area contributed by atoms with Crippen molar-refractivity contribution in [2.45, 2.75) is 67.0 Å². The smallest absolute Gasteiger partial charge is 0.264 e. The monoisotopic (exact) mass is 365 g/mol. The molecule has 1 atom stereocenters. The van der Waals surface area contributed by atoms with Gasteiger partial charge in [-0.2, -0.15) is 13.2 Å². The second kappa shape index (κ2) is 9.75. The van der Waals surface area contributed by atoms with Gasteiger partial charge in [-0.3, -0.25) is 4.99 Å². The normalized spacial score (nSPS) is 22.9. The largest absolute Gasteiger partial charge is 0.416 e. The lowest BCUT2D eigenvalue weighted by Crippen LogP contribution is -2.15. The van der Waals surface area contributed by atoms with E-state index in [2.05, 4.69) is 18.8 Å². The molecule has 0 saturated heterocycles. The minimum atomic E-state index is -4.32. The summed E-state index contributed by atoms with van der Waals surface area (Å²) in [6.07, 6.45) is 5.92. The number of rotatable bonds is 5. The topological polar surface area (TPSA) is 12.4 Å². The summed E-state index contributed by atoms with van der Waals surface area (Å²) in [6, 6.07) is 0. The van der Waals surface area contributed by atoms with Crippen LogP contribution in [0.3, 0.4) is 0 Å². The number of aliphatic imine (C=N–C) groups is 1. The third-order valence-corrected chi connectivity index (χ3v) is 4.72. The van der Waals surface area contributed by atoms with Gasteiger partial charge < -0.3 is 0 Å². The van der Waals surface area contributed by atoms with Crippen molar-refractivity contribution < 1.29 is 13.2 Å². The van der Waals surface area contributed by atoms with Gasteiger partial charge in [0.2, 0.25) is 0 Å². The van der Waals surface area contributed by atoms with E-state index in [9.17, 15) is 13.2 Å². The van der Waals surface area contributed by atoms with Crippen LogP contribution in [-0.4, -0.2) is 12.4 Å². The van der Waals surface area contributed by atoms with Crippen LogP contribution in [0.5, 0.6) is 0 Å². The predicted molar refractivity (Wildman–Crippen MR) is 105 cm³/mol. The number of hydrogen-bond donors (Lipinski definition) is 0. The highest BCUT2D eigenvalue weighted by molar-refractivity contribution is 5.79. The Balaban J connectivity index is 3.24. The molecule has 0 aromatic carbocycles. The minimum Gasteiger partial charge on any atom is -0.264 e. The molecule has 0 fully saturated rings. The fourth-order valence-electron chi connectivity index (χ4n) is 2.68. The molecule has 0 aromatic rings. The number of hydrogen-bond acceptors (Lipinski definition) is 1. The summed E-state index contributed by atoms with van der Waals surface area (Å²) < 4.78 is 40.1. The van der Waals surface area contributed by atoms with Crippen molar-refractivity contribution in [3.8, 4) is 0 Å². The molecule has 0 aromatic heterocycles. The lowest BCUT2D eigenvalue weighted by atomic mass is 9.90. The first kappa shape index (κ1) is 22.2. The van der Waals surface area contributed by atoms with Gasteiger partial charge >= 0.3 is 6.18 Å². The molecule has 0 aliphatic heterocycles. The van der Waals surface area contributed by atoms with Crippen LogP contribution in [0.1, 0.15) is 60.8 Å². The van der Waals surface area contributed by atoms with E-state index in [4.69, 9.17) is 0 Å². The molecule has 0 heterocycles. The Bertz CT molecular complexity index is 683. The summed E-state index contributed by atoms with van der Waals surface area (Å²) in [5.74, 6) is 0.0355. The van der Waals surface area contributed by atoms with Crippen LogP contribution in [0.15, 0.2) is 62.9 Å². The van der Waals surface area contributed by atoms with Crippen LogP contribution in [0.2, 0.25) is 0 Å². The second-order valence-electron chi connectivity index (χ2n) is 6.88. The van der Waals surface area contributed by atoms with Crippen LogP contribution in [0.4, 0.5) is 13.2 Å². The first-order valence-corrected chi connectivity index (χ1v) is 9.16. The Morgan fingerprint density at radius 2 is 1.88 bits per heavy atom. The van der Waals surface area contributed by atoms with Crippen LogP contribution in [0, 0.1) is 5.92 Å². The number of halogens is 3. The van der Waals surface area contributed by atoms with Crippen LogP contribution in [-0.2, 0) is 0 Å². The average Bonchev–Trinajstić information content (AvgIpc) is 2.55. The zero-order valence-electron chi connectivity index (χ0n) is 16.7. The summed E-state index contributed by atoms with van der Waals surface area (Å²) in [7, 11) is 0. The average molecular weight is 365 g/mol. The van der Waals surface area contributed by atoms with E-state index in [0.717, 1.165) is 23.1 Å². The summed E-state index contributed by atoms with van der Waals surface area (Å²) in [4.78, 5) is 4.36.